The summed E-state index contributed by atoms with van der Waals surface area (Å²) in [4.78, 5) is 47.2. The van der Waals surface area contributed by atoms with Crippen molar-refractivity contribution < 1.29 is 28.7 Å². The molecule has 2 rings (SSSR count). The summed E-state index contributed by atoms with van der Waals surface area (Å²) in [6, 6.07) is 11.5. The lowest BCUT2D eigenvalue weighted by Crippen LogP contribution is -2.21. The number of ether oxygens (including phenoxy) is 2. The van der Waals surface area contributed by atoms with E-state index in [4.69, 9.17) is 4.74 Å². The highest BCUT2D eigenvalue weighted by Crippen LogP contribution is 2.13. The number of carbonyl (C=O) groups is 4. The molecule has 7 heteroatoms. The highest BCUT2D eigenvalue weighted by molar-refractivity contribution is 5.98. The van der Waals surface area contributed by atoms with Gasteiger partial charge < -0.3 is 14.8 Å². The predicted molar refractivity (Wildman–Crippen MR) is 107 cm³/mol. The first kappa shape index (κ1) is 21.8. The Kier molecular flexibility index (Phi) is 7.65. The van der Waals surface area contributed by atoms with Crippen molar-refractivity contribution in [3.05, 3.63) is 64.7 Å². The molecule has 0 aliphatic carbocycles. The third-order valence-corrected chi connectivity index (χ3v) is 4.34. The highest BCUT2D eigenvalue weighted by atomic mass is 16.5. The van der Waals surface area contributed by atoms with Crippen molar-refractivity contribution in [1.82, 2.24) is 0 Å². The maximum absolute atomic E-state index is 12.2. The number of amides is 1. The minimum Gasteiger partial charge on any atom is -0.465 e. The second kappa shape index (κ2) is 10.2. The third-order valence-electron chi connectivity index (χ3n) is 4.34. The molecule has 0 unspecified atom stereocenters. The largest absolute Gasteiger partial charge is 0.465 e. The van der Waals surface area contributed by atoms with Gasteiger partial charge in [-0.2, -0.15) is 0 Å². The number of aryl methyl sites for hydroxylation is 2. The van der Waals surface area contributed by atoms with Gasteiger partial charge in [-0.25, -0.2) is 4.79 Å². The Labute approximate surface area is 169 Å². The van der Waals surface area contributed by atoms with E-state index < -0.39 is 24.5 Å². The van der Waals surface area contributed by atoms with Gasteiger partial charge in [0.15, 0.2) is 12.4 Å². The van der Waals surface area contributed by atoms with Crippen LogP contribution in [0.5, 0.6) is 0 Å². The lowest BCUT2D eigenvalue weighted by Gasteiger charge is -2.08. The predicted octanol–water partition coefficient (Wildman–Crippen LogP) is 3.23. The smallest absolute Gasteiger partial charge is 0.337 e. The van der Waals surface area contributed by atoms with Crippen molar-refractivity contribution >= 4 is 29.3 Å². The van der Waals surface area contributed by atoms with Gasteiger partial charge >= 0.3 is 11.9 Å². The molecule has 0 heterocycles. The van der Waals surface area contributed by atoms with E-state index in [9.17, 15) is 19.2 Å². The van der Waals surface area contributed by atoms with E-state index in [2.05, 4.69) is 10.1 Å². The van der Waals surface area contributed by atoms with E-state index in [-0.39, 0.29) is 18.6 Å². The van der Waals surface area contributed by atoms with Crippen molar-refractivity contribution in [2.45, 2.75) is 26.7 Å². The number of Topliss-reactive ketones (excluding diaryl/α,β-unsaturated/α-hetero) is 1. The van der Waals surface area contributed by atoms with Crippen LogP contribution in [0.25, 0.3) is 0 Å². The monoisotopic (exact) mass is 397 g/mol. The molecule has 0 fully saturated rings. The molecule has 0 aliphatic heterocycles. The fourth-order valence-corrected chi connectivity index (χ4v) is 2.50. The molecule has 0 saturated carbocycles. The summed E-state index contributed by atoms with van der Waals surface area (Å²) >= 11 is 0. The van der Waals surface area contributed by atoms with Gasteiger partial charge in [0.1, 0.15) is 0 Å². The Morgan fingerprint density at radius 2 is 1.52 bits per heavy atom. The SMILES string of the molecule is COC(=O)c1ccc(NC(=O)COC(=O)CCC(=O)c2ccc(C)c(C)c2)cc1. The topological polar surface area (TPSA) is 98.8 Å². The van der Waals surface area contributed by atoms with Crippen LogP contribution in [0.1, 0.15) is 44.7 Å². The zero-order valence-corrected chi connectivity index (χ0v) is 16.6. The van der Waals surface area contributed by atoms with Crippen LogP contribution in [0.3, 0.4) is 0 Å². The van der Waals surface area contributed by atoms with Crippen LogP contribution in [0.2, 0.25) is 0 Å². The van der Waals surface area contributed by atoms with Crippen molar-refractivity contribution in [2.24, 2.45) is 0 Å². The quantitative estimate of drug-likeness (QED) is 0.542. The number of rotatable bonds is 8. The number of esters is 2. The summed E-state index contributed by atoms with van der Waals surface area (Å²) < 4.78 is 9.50. The fraction of sp³-hybridized carbons (Fsp3) is 0.273. The van der Waals surface area contributed by atoms with Gasteiger partial charge in [0, 0.05) is 17.7 Å². The third kappa shape index (κ3) is 6.57. The summed E-state index contributed by atoms with van der Waals surface area (Å²) in [6.07, 6.45) is -0.0925. The second-order valence-corrected chi connectivity index (χ2v) is 6.50. The molecule has 29 heavy (non-hydrogen) atoms. The number of nitrogens with one attached hydrogen (secondary N) is 1. The first-order valence-corrected chi connectivity index (χ1v) is 9.04. The van der Waals surface area contributed by atoms with Crippen LogP contribution in [-0.2, 0) is 19.1 Å². The van der Waals surface area contributed by atoms with Crippen LogP contribution in [-0.4, -0.2) is 37.3 Å². The molecule has 152 valence electrons. The Balaban J connectivity index is 1.75. The average molecular weight is 397 g/mol. The number of anilines is 1. The molecule has 0 aromatic heterocycles. The lowest BCUT2D eigenvalue weighted by molar-refractivity contribution is -0.147. The maximum atomic E-state index is 12.2. The minimum atomic E-state index is -0.627. The number of ketones is 1. The molecule has 0 atom stereocenters. The maximum Gasteiger partial charge on any atom is 0.337 e. The first-order valence-electron chi connectivity index (χ1n) is 9.04. The zero-order chi connectivity index (χ0) is 21.4. The summed E-state index contributed by atoms with van der Waals surface area (Å²) in [5.74, 6) is -1.78. The van der Waals surface area contributed by atoms with Gasteiger partial charge in [0.2, 0.25) is 0 Å². The van der Waals surface area contributed by atoms with Gasteiger partial charge in [-0.15, -0.1) is 0 Å². The number of benzene rings is 2. The van der Waals surface area contributed by atoms with Crippen LogP contribution in [0.4, 0.5) is 5.69 Å². The van der Waals surface area contributed by atoms with Crippen molar-refractivity contribution in [3.8, 4) is 0 Å². The molecule has 0 radical (unpaired) electrons. The highest BCUT2D eigenvalue weighted by Gasteiger charge is 2.13. The van der Waals surface area contributed by atoms with E-state index in [1.807, 2.05) is 19.9 Å². The summed E-state index contributed by atoms with van der Waals surface area (Å²) in [6.45, 7) is 3.41. The van der Waals surface area contributed by atoms with E-state index in [0.29, 0.717) is 16.8 Å². The Hall–Kier alpha value is -3.48. The molecule has 1 amide bonds. The Morgan fingerprint density at radius 1 is 0.862 bits per heavy atom. The van der Waals surface area contributed by atoms with Gasteiger partial charge in [-0.05, 0) is 55.3 Å². The van der Waals surface area contributed by atoms with E-state index in [0.717, 1.165) is 11.1 Å². The molecule has 1 N–H and O–H groups in total. The fourth-order valence-electron chi connectivity index (χ4n) is 2.50. The first-order chi connectivity index (χ1) is 13.8. The molecule has 2 aromatic rings. The zero-order valence-electron chi connectivity index (χ0n) is 16.6. The van der Waals surface area contributed by atoms with Gasteiger partial charge in [-0.3, -0.25) is 14.4 Å². The van der Waals surface area contributed by atoms with E-state index in [1.54, 1.807) is 12.1 Å². The number of hydrogen-bond donors (Lipinski definition) is 1. The van der Waals surface area contributed by atoms with Crippen molar-refractivity contribution in [1.29, 1.82) is 0 Å². The minimum absolute atomic E-state index is 0.0118. The standard InChI is InChI=1S/C22H23NO6/c1-14-4-5-17(12-15(14)2)19(24)10-11-21(26)29-13-20(25)23-18-8-6-16(7-9-18)22(27)28-3/h4-9,12H,10-11,13H2,1-3H3,(H,23,25). The normalized spacial score (nSPS) is 10.2. The summed E-state index contributed by atoms with van der Waals surface area (Å²) in [7, 11) is 1.28. The molecule has 7 nitrogen and oxygen atoms in total. The van der Waals surface area contributed by atoms with Gasteiger partial charge in [0.05, 0.1) is 19.1 Å². The summed E-state index contributed by atoms with van der Waals surface area (Å²) in [5.41, 5.74) is 3.45. The average Bonchev–Trinajstić information content (AvgIpc) is 2.72. The van der Waals surface area contributed by atoms with E-state index in [1.165, 1.54) is 31.4 Å². The lowest BCUT2D eigenvalue weighted by atomic mass is 10.0. The van der Waals surface area contributed by atoms with Gasteiger partial charge in [0.25, 0.3) is 5.91 Å². The number of carbonyl (C=O) groups excluding carboxylic acids is 4. The Bertz CT molecular complexity index is 917. The summed E-state index contributed by atoms with van der Waals surface area (Å²) in [5, 5.41) is 2.55. The molecule has 0 spiro atoms. The van der Waals surface area contributed by atoms with Crippen LogP contribution < -0.4 is 5.32 Å². The number of hydrogen-bond acceptors (Lipinski definition) is 6. The molecule has 0 saturated heterocycles. The molecule has 2 aromatic carbocycles. The number of methoxy groups -OCH3 is 1. The molecule has 0 aliphatic rings. The molecule has 0 bridgehead atoms. The van der Waals surface area contributed by atoms with Crippen LogP contribution in [0.15, 0.2) is 42.5 Å². The van der Waals surface area contributed by atoms with Crippen molar-refractivity contribution in [2.75, 3.05) is 19.0 Å². The van der Waals surface area contributed by atoms with Crippen LogP contribution >= 0.6 is 0 Å². The molecular weight excluding hydrogens is 374 g/mol. The van der Waals surface area contributed by atoms with Crippen LogP contribution in [0, 0.1) is 13.8 Å². The Morgan fingerprint density at radius 3 is 2.14 bits per heavy atom. The second-order valence-electron chi connectivity index (χ2n) is 6.50. The molecular formula is C22H23NO6. The van der Waals surface area contributed by atoms with E-state index >= 15 is 0 Å². The van der Waals surface area contributed by atoms with Gasteiger partial charge in [-0.1, -0.05) is 12.1 Å². The van der Waals surface area contributed by atoms with Crippen molar-refractivity contribution in [3.63, 3.8) is 0 Å².